The summed E-state index contributed by atoms with van der Waals surface area (Å²) in [6.45, 7) is 0.489. The van der Waals surface area contributed by atoms with Gasteiger partial charge in [-0.05, 0) is 49.8 Å². The standard InChI is InChI=1S/C16H22N4O2.ClH/c17-14(10-4-5-10)9-18-15(21)11-2-1-3-13(8-11)20-16(22)19-12-6-7-12;/h1-3,8,10,12,14H,4-7,9,17H2,(H,18,21)(H2,19,20,22);1H. The van der Waals surface area contributed by atoms with Crippen molar-refractivity contribution in [2.75, 3.05) is 11.9 Å². The highest BCUT2D eigenvalue weighted by molar-refractivity contribution is 5.97. The normalized spacial score (nSPS) is 17.6. The molecule has 5 N–H and O–H groups in total. The first-order valence-electron chi connectivity index (χ1n) is 7.83. The Morgan fingerprint density at radius 2 is 1.96 bits per heavy atom. The fraction of sp³-hybridized carbons (Fsp3) is 0.500. The molecule has 2 aliphatic rings. The number of carbonyl (C=O) groups excluding carboxylic acids is 2. The van der Waals surface area contributed by atoms with E-state index in [1.54, 1.807) is 24.3 Å². The van der Waals surface area contributed by atoms with Gasteiger partial charge in [-0.15, -0.1) is 12.4 Å². The Balaban J connectivity index is 0.00000192. The number of hydrogen-bond acceptors (Lipinski definition) is 3. The van der Waals surface area contributed by atoms with Crippen molar-refractivity contribution >= 4 is 30.0 Å². The van der Waals surface area contributed by atoms with E-state index in [4.69, 9.17) is 5.73 Å². The van der Waals surface area contributed by atoms with Gasteiger partial charge in [0.05, 0.1) is 0 Å². The van der Waals surface area contributed by atoms with Gasteiger partial charge >= 0.3 is 6.03 Å². The van der Waals surface area contributed by atoms with E-state index in [1.165, 1.54) is 0 Å². The summed E-state index contributed by atoms with van der Waals surface area (Å²) in [5, 5.41) is 8.44. The van der Waals surface area contributed by atoms with Gasteiger partial charge in [-0.1, -0.05) is 6.07 Å². The molecule has 2 aliphatic carbocycles. The molecule has 2 fully saturated rings. The van der Waals surface area contributed by atoms with Crippen LogP contribution in [0.3, 0.4) is 0 Å². The summed E-state index contributed by atoms with van der Waals surface area (Å²) >= 11 is 0. The molecule has 0 spiro atoms. The highest BCUT2D eigenvalue weighted by Crippen LogP contribution is 2.31. The molecule has 0 heterocycles. The maximum absolute atomic E-state index is 12.1. The third-order valence-electron chi connectivity index (χ3n) is 4.02. The van der Waals surface area contributed by atoms with Crippen LogP contribution in [0.5, 0.6) is 0 Å². The van der Waals surface area contributed by atoms with Gasteiger partial charge in [0.1, 0.15) is 0 Å². The summed E-state index contributed by atoms with van der Waals surface area (Å²) < 4.78 is 0. The minimum absolute atomic E-state index is 0. The summed E-state index contributed by atoms with van der Waals surface area (Å²) in [7, 11) is 0. The Morgan fingerprint density at radius 1 is 1.22 bits per heavy atom. The molecule has 23 heavy (non-hydrogen) atoms. The van der Waals surface area contributed by atoms with Gasteiger partial charge in [-0.25, -0.2) is 4.79 Å². The van der Waals surface area contributed by atoms with E-state index in [0.717, 1.165) is 25.7 Å². The number of nitrogens with two attached hydrogens (primary N) is 1. The number of benzene rings is 1. The Bertz CT molecular complexity index is 573. The Morgan fingerprint density at radius 3 is 2.61 bits per heavy atom. The van der Waals surface area contributed by atoms with E-state index in [1.807, 2.05) is 0 Å². The first-order chi connectivity index (χ1) is 10.6. The molecule has 6 nitrogen and oxygen atoms in total. The topological polar surface area (TPSA) is 96.2 Å². The van der Waals surface area contributed by atoms with Crippen LogP contribution in [0.2, 0.25) is 0 Å². The molecule has 0 saturated heterocycles. The van der Waals surface area contributed by atoms with Gasteiger partial charge in [-0.3, -0.25) is 4.79 Å². The first kappa shape index (κ1) is 17.6. The average molecular weight is 339 g/mol. The van der Waals surface area contributed by atoms with Gasteiger partial charge in [-0.2, -0.15) is 0 Å². The van der Waals surface area contributed by atoms with Crippen molar-refractivity contribution in [1.29, 1.82) is 0 Å². The predicted octanol–water partition coefficient (Wildman–Crippen LogP) is 1.86. The van der Waals surface area contributed by atoms with E-state index in [9.17, 15) is 9.59 Å². The molecular formula is C16H23ClN4O2. The van der Waals surface area contributed by atoms with Crippen molar-refractivity contribution in [3.05, 3.63) is 29.8 Å². The predicted molar refractivity (Wildman–Crippen MR) is 91.9 cm³/mol. The van der Waals surface area contributed by atoms with E-state index < -0.39 is 0 Å². The van der Waals surface area contributed by atoms with Crippen molar-refractivity contribution in [2.24, 2.45) is 11.7 Å². The van der Waals surface area contributed by atoms with Gasteiger partial charge in [0, 0.05) is 29.9 Å². The molecule has 0 aliphatic heterocycles. The van der Waals surface area contributed by atoms with Crippen LogP contribution in [0.4, 0.5) is 10.5 Å². The average Bonchev–Trinajstić information content (AvgIpc) is 3.36. The second-order valence-corrected chi connectivity index (χ2v) is 6.16. The largest absolute Gasteiger partial charge is 0.350 e. The fourth-order valence-electron chi connectivity index (χ4n) is 2.32. The van der Waals surface area contributed by atoms with Crippen molar-refractivity contribution in [3.63, 3.8) is 0 Å². The number of urea groups is 1. The smallest absolute Gasteiger partial charge is 0.319 e. The third kappa shape index (κ3) is 5.41. The highest BCUT2D eigenvalue weighted by atomic mass is 35.5. The monoisotopic (exact) mass is 338 g/mol. The quantitative estimate of drug-likeness (QED) is 0.637. The lowest BCUT2D eigenvalue weighted by atomic mass is 10.1. The third-order valence-corrected chi connectivity index (χ3v) is 4.02. The number of nitrogens with one attached hydrogen (secondary N) is 3. The van der Waals surface area contributed by atoms with Crippen LogP contribution in [0, 0.1) is 5.92 Å². The van der Waals surface area contributed by atoms with Gasteiger partial charge in [0.2, 0.25) is 0 Å². The summed E-state index contributed by atoms with van der Waals surface area (Å²) in [6.07, 6.45) is 4.40. The molecule has 1 aromatic rings. The van der Waals surface area contributed by atoms with E-state index in [0.29, 0.717) is 29.8 Å². The highest BCUT2D eigenvalue weighted by Gasteiger charge is 2.28. The van der Waals surface area contributed by atoms with Crippen LogP contribution >= 0.6 is 12.4 Å². The Kier molecular flexibility index (Phi) is 5.85. The molecule has 0 aromatic heterocycles. The summed E-state index contributed by atoms with van der Waals surface area (Å²) in [5.41, 5.74) is 7.10. The van der Waals surface area contributed by atoms with Crippen molar-refractivity contribution < 1.29 is 9.59 Å². The minimum Gasteiger partial charge on any atom is -0.350 e. The number of carbonyl (C=O) groups is 2. The Hall–Kier alpha value is -1.79. The number of hydrogen-bond donors (Lipinski definition) is 4. The fourth-order valence-corrected chi connectivity index (χ4v) is 2.32. The maximum atomic E-state index is 12.1. The zero-order valence-corrected chi connectivity index (χ0v) is 13.7. The second-order valence-electron chi connectivity index (χ2n) is 6.16. The van der Waals surface area contributed by atoms with Crippen molar-refractivity contribution in [1.82, 2.24) is 10.6 Å². The lowest BCUT2D eigenvalue weighted by molar-refractivity contribution is 0.0950. The minimum atomic E-state index is -0.226. The van der Waals surface area contributed by atoms with E-state index >= 15 is 0 Å². The maximum Gasteiger partial charge on any atom is 0.319 e. The van der Waals surface area contributed by atoms with Gasteiger partial charge in [0.25, 0.3) is 5.91 Å². The zero-order valence-electron chi connectivity index (χ0n) is 12.9. The van der Waals surface area contributed by atoms with Crippen LogP contribution in [-0.2, 0) is 0 Å². The number of rotatable bonds is 6. The molecule has 126 valence electrons. The van der Waals surface area contributed by atoms with Crippen molar-refractivity contribution in [3.8, 4) is 0 Å². The number of anilines is 1. The molecule has 1 aromatic carbocycles. The molecule has 1 unspecified atom stereocenters. The molecule has 3 rings (SSSR count). The van der Waals surface area contributed by atoms with Crippen LogP contribution < -0.4 is 21.7 Å². The molecule has 0 bridgehead atoms. The summed E-state index contributed by atoms with van der Waals surface area (Å²) in [4.78, 5) is 23.8. The number of amides is 3. The second kappa shape index (κ2) is 7.66. The first-order valence-corrected chi connectivity index (χ1v) is 7.83. The molecule has 0 radical (unpaired) electrons. The number of halogens is 1. The lowest BCUT2D eigenvalue weighted by Crippen LogP contribution is -2.38. The Labute approximate surface area is 142 Å². The van der Waals surface area contributed by atoms with Gasteiger partial charge < -0.3 is 21.7 Å². The summed E-state index contributed by atoms with van der Waals surface area (Å²) in [6, 6.07) is 7.02. The molecule has 2 saturated carbocycles. The van der Waals surface area contributed by atoms with Crippen LogP contribution in [0.1, 0.15) is 36.0 Å². The molecular weight excluding hydrogens is 316 g/mol. The van der Waals surface area contributed by atoms with E-state index in [2.05, 4.69) is 16.0 Å². The summed E-state index contributed by atoms with van der Waals surface area (Å²) in [5.74, 6) is 0.391. The van der Waals surface area contributed by atoms with Crippen LogP contribution in [-0.4, -0.2) is 30.6 Å². The van der Waals surface area contributed by atoms with Crippen LogP contribution in [0.25, 0.3) is 0 Å². The molecule has 7 heteroatoms. The van der Waals surface area contributed by atoms with Crippen molar-refractivity contribution in [2.45, 2.75) is 37.8 Å². The van der Waals surface area contributed by atoms with Crippen LogP contribution in [0.15, 0.2) is 24.3 Å². The lowest BCUT2D eigenvalue weighted by Gasteiger charge is -2.12. The zero-order chi connectivity index (χ0) is 15.5. The molecule has 3 amide bonds. The van der Waals surface area contributed by atoms with Gasteiger partial charge in [0.15, 0.2) is 0 Å². The molecule has 1 atom stereocenters. The SMILES string of the molecule is Cl.NC(CNC(=O)c1cccc(NC(=O)NC2CC2)c1)C1CC1. The van der Waals surface area contributed by atoms with E-state index in [-0.39, 0.29) is 30.4 Å².